The highest BCUT2D eigenvalue weighted by Crippen LogP contribution is 2.24. The molecule has 0 amide bonds. The molecule has 0 saturated heterocycles. The van der Waals surface area contributed by atoms with Crippen LogP contribution in [-0.2, 0) is 26.2 Å². The van der Waals surface area contributed by atoms with Crippen LogP contribution in [0.15, 0.2) is 121 Å². The maximum atomic E-state index is 11.7. The molecule has 264 valence electrons. The number of benzene rings is 4. The predicted octanol–water partition coefficient (Wildman–Crippen LogP) is 6.26. The Morgan fingerprint density at radius 1 is 0.420 bits per heavy atom. The molecule has 2 unspecified atom stereocenters. The summed E-state index contributed by atoms with van der Waals surface area (Å²) >= 11 is 0. The van der Waals surface area contributed by atoms with Crippen molar-refractivity contribution in [1.82, 2.24) is 21.3 Å². The van der Waals surface area contributed by atoms with Gasteiger partial charge in [-0.15, -0.1) is 0 Å². The van der Waals surface area contributed by atoms with Gasteiger partial charge >= 0.3 is 0 Å². The Balaban J connectivity index is 0.000000194. The van der Waals surface area contributed by atoms with Gasteiger partial charge in [-0.3, -0.25) is 20.2 Å². The SMILES string of the molecule is O=[N+]([O-])C1[C@@H](NCc2ccccc2)CCC[C@H]1NCc1ccccc1.O=[N+]([O-])C1[C@@H](NCc2ccccc2)CCC[C@H]1NCc1ccccc1. The second kappa shape index (κ2) is 19.6. The molecule has 0 aromatic heterocycles. The van der Waals surface area contributed by atoms with Crippen LogP contribution in [0.3, 0.4) is 0 Å². The number of hydrogen-bond donors (Lipinski definition) is 4. The third-order valence-electron chi connectivity index (χ3n) is 9.84. The van der Waals surface area contributed by atoms with Crippen LogP contribution < -0.4 is 21.3 Å². The molecule has 2 saturated carbocycles. The van der Waals surface area contributed by atoms with Gasteiger partial charge in [0.1, 0.15) is 0 Å². The van der Waals surface area contributed by atoms with Crippen molar-refractivity contribution < 1.29 is 9.85 Å². The van der Waals surface area contributed by atoms with Crippen LogP contribution in [0.25, 0.3) is 0 Å². The molecular weight excluding hydrogens is 628 g/mol. The van der Waals surface area contributed by atoms with Crippen LogP contribution in [0.2, 0.25) is 0 Å². The minimum atomic E-state index is -0.596. The number of hydrogen-bond acceptors (Lipinski definition) is 8. The normalized spacial score (nSPS) is 23.3. The smallest absolute Gasteiger partial charge is 0.243 e. The highest BCUT2D eigenvalue weighted by Gasteiger charge is 2.42. The van der Waals surface area contributed by atoms with E-state index in [0.29, 0.717) is 26.2 Å². The van der Waals surface area contributed by atoms with Gasteiger partial charge in [0.05, 0.1) is 24.2 Å². The molecule has 4 aromatic rings. The Morgan fingerprint density at radius 3 is 0.840 bits per heavy atom. The molecule has 0 radical (unpaired) electrons. The van der Waals surface area contributed by atoms with E-state index in [1.54, 1.807) is 0 Å². The molecule has 10 heteroatoms. The van der Waals surface area contributed by atoms with E-state index in [-0.39, 0.29) is 34.0 Å². The van der Waals surface area contributed by atoms with Crippen LogP contribution in [0, 0.1) is 20.2 Å². The molecule has 50 heavy (non-hydrogen) atoms. The number of rotatable bonds is 14. The van der Waals surface area contributed by atoms with Crippen molar-refractivity contribution >= 4 is 0 Å². The van der Waals surface area contributed by atoms with Gasteiger partial charge in [-0.2, -0.15) is 0 Å². The van der Waals surface area contributed by atoms with E-state index in [1.807, 2.05) is 121 Å². The number of nitro groups is 2. The molecule has 0 heterocycles. The summed E-state index contributed by atoms with van der Waals surface area (Å²) in [7, 11) is 0. The highest BCUT2D eigenvalue weighted by molar-refractivity contribution is 5.17. The summed E-state index contributed by atoms with van der Waals surface area (Å²) in [6.07, 6.45) is 5.40. The monoisotopic (exact) mass is 678 g/mol. The van der Waals surface area contributed by atoms with Crippen molar-refractivity contribution in [2.75, 3.05) is 0 Å². The van der Waals surface area contributed by atoms with E-state index in [2.05, 4.69) is 21.3 Å². The first-order valence-corrected chi connectivity index (χ1v) is 17.8. The van der Waals surface area contributed by atoms with Crippen LogP contribution in [0.1, 0.15) is 60.8 Å². The van der Waals surface area contributed by atoms with E-state index in [4.69, 9.17) is 0 Å². The molecule has 6 atom stereocenters. The molecule has 2 fully saturated rings. The summed E-state index contributed by atoms with van der Waals surface area (Å²) in [6.45, 7) is 2.67. The van der Waals surface area contributed by atoms with Gasteiger partial charge in [0.25, 0.3) is 0 Å². The van der Waals surface area contributed by atoms with Crippen LogP contribution in [0.4, 0.5) is 0 Å². The summed E-state index contributed by atoms with van der Waals surface area (Å²) in [5, 5.41) is 37.1. The lowest BCUT2D eigenvalue weighted by atomic mass is 9.86. The summed E-state index contributed by atoms with van der Waals surface area (Å²) in [6, 6.07) is 38.6. The Morgan fingerprint density at radius 2 is 0.640 bits per heavy atom. The Bertz CT molecular complexity index is 1340. The lowest BCUT2D eigenvalue weighted by molar-refractivity contribution is -0.534. The summed E-state index contributed by atoms with van der Waals surface area (Å²) < 4.78 is 0. The van der Waals surface area contributed by atoms with Crippen LogP contribution in [-0.4, -0.2) is 46.1 Å². The van der Waals surface area contributed by atoms with E-state index < -0.39 is 12.1 Å². The fourth-order valence-electron chi connectivity index (χ4n) is 7.22. The second-order valence-electron chi connectivity index (χ2n) is 13.3. The van der Waals surface area contributed by atoms with Crippen molar-refractivity contribution in [3.05, 3.63) is 164 Å². The van der Waals surface area contributed by atoms with E-state index in [1.165, 1.54) is 0 Å². The molecule has 4 aromatic carbocycles. The summed E-state index contributed by atoms with van der Waals surface area (Å²) in [5.74, 6) is 0. The molecule has 2 aliphatic carbocycles. The summed E-state index contributed by atoms with van der Waals surface area (Å²) in [4.78, 5) is 23.2. The second-order valence-corrected chi connectivity index (χ2v) is 13.3. The van der Waals surface area contributed by atoms with Crippen molar-refractivity contribution in [3.8, 4) is 0 Å². The molecule has 10 nitrogen and oxygen atoms in total. The van der Waals surface area contributed by atoms with Crippen LogP contribution >= 0.6 is 0 Å². The van der Waals surface area contributed by atoms with Gasteiger partial charge < -0.3 is 21.3 Å². The quantitative estimate of drug-likeness (QED) is 0.0907. The fraction of sp³-hybridized carbons (Fsp3) is 0.400. The predicted molar refractivity (Wildman–Crippen MR) is 198 cm³/mol. The molecule has 0 aliphatic heterocycles. The van der Waals surface area contributed by atoms with Crippen LogP contribution in [0.5, 0.6) is 0 Å². The number of nitrogens with one attached hydrogen (secondary N) is 4. The first-order valence-electron chi connectivity index (χ1n) is 17.8. The van der Waals surface area contributed by atoms with Gasteiger partial charge in [0.2, 0.25) is 12.1 Å². The highest BCUT2D eigenvalue weighted by atomic mass is 16.6. The maximum Gasteiger partial charge on any atom is 0.243 e. The first-order chi connectivity index (χ1) is 24.5. The van der Waals surface area contributed by atoms with Crippen molar-refractivity contribution in [2.24, 2.45) is 0 Å². The zero-order valence-corrected chi connectivity index (χ0v) is 28.6. The van der Waals surface area contributed by atoms with Gasteiger partial charge in [-0.25, -0.2) is 0 Å². The van der Waals surface area contributed by atoms with Gasteiger partial charge in [0, 0.05) is 36.0 Å². The molecule has 6 rings (SSSR count). The lowest BCUT2D eigenvalue weighted by Gasteiger charge is -2.33. The average molecular weight is 679 g/mol. The molecule has 0 bridgehead atoms. The summed E-state index contributed by atoms with van der Waals surface area (Å²) in [5.41, 5.74) is 4.63. The Labute approximate surface area is 295 Å². The van der Waals surface area contributed by atoms with Crippen molar-refractivity contribution in [1.29, 1.82) is 0 Å². The standard InChI is InChI=1S/2C20H25N3O2/c2*24-23(25)20-18(21-14-16-8-3-1-4-9-16)12-7-13-19(20)22-15-17-10-5-2-6-11-17/h2*1-6,8-11,18-22H,7,12-15H2/t2*18-,19+,20?. The third-order valence-corrected chi connectivity index (χ3v) is 9.84. The minimum absolute atomic E-state index is 0.0998. The molecule has 0 spiro atoms. The Hall–Kier alpha value is -4.48. The van der Waals surface area contributed by atoms with Gasteiger partial charge in [-0.05, 0) is 60.8 Å². The first kappa shape index (κ1) is 36.8. The van der Waals surface area contributed by atoms with E-state index in [9.17, 15) is 20.2 Å². The van der Waals surface area contributed by atoms with E-state index >= 15 is 0 Å². The third kappa shape index (κ3) is 11.3. The van der Waals surface area contributed by atoms with Crippen molar-refractivity contribution in [2.45, 2.75) is 101 Å². The average Bonchev–Trinajstić information content (AvgIpc) is 3.16. The maximum absolute atomic E-state index is 11.7. The fourth-order valence-corrected chi connectivity index (χ4v) is 7.22. The molecule has 4 N–H and O–H groups in total. The zero-order chi connectivity index (χ0) is 35.0. The van der Waals surface area contributed by atoms with Gasteiger partial charge in [0.15, 0.2) is 0 Å². The molecular formula is C40H50N6O4. The zero-order valence-electron chi connectivity index (χ0n) is 28.6. The number of nitrogens with zero attached hydrogens (tertiary/aromatic N) is 2. The Kier molecular flexibility index (Phi) is 14.5. The van der Waals surface area contributed by atoms with E-state index in [0.717, 1.165) is 60.8 Å². The largest absolute Gasteiger partial charge is 0.304 e. The van der Waals surface area contributed by atoms with Crippen molar-refractivity contribution in [3.63, 3.8) is 0 Å². The molecule has 2 aliphatic rings. The minimum Gasteiger partial charge on any atom is -0.304 e. The lowest BCUT2D eigenvalue weighted by Crippen LogP contribution is -2.57. The topological polar surface area (TPSA) is 134 Å². The van der Waals surface area contributed by atoms with Gasteiger partial charge in [-0.1, -0.05) is 121 Å².